The lowest BCUT2D eigenvalue weighted by Crippen LogP contribution is -2.23. The predicted octanol–water partition coefficient (Wildman–Crippen LogP) is 2.65. The average Bonchev–Trinajstić information content (AvgIpc) is 2.99. The fraction of sp³-hybridized carbons (Fsp3) is 0.500. The molecule has 1 N–H and O–H groups in total. The number of thiophene rings is 1. The first kappa shape index (κ1) is 14.2. The van der Waals surface area contributed by atoms with Gasteiger partial charge in [0.15, 0.2) is 0 Å². The van der Waals surface area contributed by atoms with E-state index in [2.05, 4.69) is 18.8 Å². The largest absolute Gasteiger partial charge is 0.389 e. The summed E-state index contributed by atoms with van der Waals surface area (Å²) in [6.45, 7) is 5.62. The summed E-state index contributed by atoms with van der Waals surface area (Å²) in [5.74, 6) is 1.35. The van der Waals surface area contributed by atoms with Crippen molar-refractivity contribution in [2.75, 3.05) is 6.61 Å². The molecule has 1 atom stereocenters. The second-order valence-electron chi connectivity index (χ2n) is 4.84. The number of aliphatic hydroxyl groups excluding tert-OH is 1. The Morgan fingerprint density at radius 2 is 2.32 bits per heavy atom. The summed E-state index contributed by atoms with van der Waals surface area (Å²) in [5, 5.41) is 12.0. The summed E-state index contributed by atoms with van der Waals surface area (Å²) in [4.78, 5) is 5.48. The van der Waals surface area contributed by atoms with E-state index < -0.39 is 6.10 Å². The Hall–Kier alpha value is -1.17. The number of aliphatic hydroxyl groups is 1. The van der Waals surface area contributed by atoms with Gasteiger partial charge in [-0.1, -0.05) is 19.9 Å². The van der Waals surface area contributed by atoms with Gasteiger partial charge in [-0.15, -0.1) is 11.3 Å². The molecule has 0 saturated heterocycles. The van der Waals surface area contributed by atoms with Gasteiger partial charge in [-0.2, -0.15) is 0 Å². The first-order valence-corrected chi connectivity index (χ1v) is 7.34. The third-order valence-electron chi connectivity index (χ3n) is 2.81. The van der Waals surface area contributed by atoms with Crippen molar-refractivity contribution in [1.82, 2.24) is 9.55 Å². The van der Waals surface area contributed by atoms with Crippen molar-refractivity contribution in [2.24, 2.45) is 0 Å². The van der Waals surface area contributed by atoms with Gasteiger partial charge in [0.05, 0.1) is 25.9 Å². The fourth-order valence-corrected chi connectivity index (χ4v) is 2.59. The minimum atomic E-state index is -0.508. The Morgan fingerprint density at radius 1 is 1.47 bits per heavy atom. The summed E-state index contributed by atoms with van der Waals surface area (Å²) < 4.78 is 7.51. The molecule has 2 aromatic heterocycles. The smallest absolute Gasteiger partial charge is 0.111 e. The van der Waals surface area contributed by atoms with E-state index in [9.17, 15) is 5.11 Å². The van der Waals surface area contributed by atoms with E-state index in [4.69, 9.17) is 4.74 Å². The van der Waals surface area contributed by atoms with E-state index in [1.165, 1.54) is 4.88 Å². The zero-order valence-electron chi connectivity index (χ0n) is 11.3. The molecule has 0 aliphatic carbocycles. The van der Waals surface area contributed by atoms with Crippen LogP contribution in [0.2, 0.25) is 0 Å². The lowest BCUT2D eigenvalue weighted by Gasteiger charge is -2.15. The highest BCUT2D eigenvalue weighted by molar-refractivity contribution is 7.09. The van der Waals surface area contributed by atoms with Gasteiger partial charge >= 0.3 is 0 Å². The number of ether oxygens (including phenoxy) is 1. The van der Waals surface area contributed by atoms with E-state index in [1.54, 1.807) is 17.5 Å². The zero-order chi connectivity index (χ0) is 13.7. The molecule has 0 saturated carbocycles. The Kier molecular flexibility index (Phi) is 5.13. The van der Waals surface area contributed by atoms with E-state index in [1.807, 2.05) is 28.3 Å². The van der Waals surface area contributed by atoms with Crippen LogP contribution in [0.3, 0.4) is 0 Å². The van der Waals surface area contributed by atoms with Crippen LogP contribution in [0.5, 0.6) is 0 Å². The van der Waals surface area contributed by atoms with Gasteiger partial charge < -0.3 is 14.4 Å². The molecule has 1 unspecified atom stereocenters. The van der Waals surface area contributed by atoms with Crippen LogP contribution in [0, 0.1) is 0 Å². The number of hydrogen-bond donors (Lipinski definition) is 1. The summed E-state index contributed by atoms with van der Waals surface area (Å²) in [5.41, 5.74) is 0. The van der Waals surface area contributed by atoms with Crippen LogP contribution in [0.25, 0.3) is 0 Å². The van der Waals surface area contributed by atoms with Gasteiger partial charge in [0.2, 0.25) is 0 Å². The zero-order valence-corrected chi connectivity index (χ0v) is 12.1. The van der Waals surface area contributed by atoms with Crippen LogP contribution < -0.4 is 0 Å². The summed E-state index contributed by atoms with van der Waals surface area (Å²) in [6, 6.07) is 4.03. The van der Waals surface area contributed by atoms with Crippen molar-refractivity contribution in [3.63, 3.8) is 0 Å². The van der Waals surface area contributed by atoms with Gasteiger partial charge in [-0.25, -0.2) is 4.98 Å². The maximum atomic E-state index is 9.99. The second kappa shape index (κ2) is 6.84. The van der Waals surface area contributed by atoms with E-state index in [0.717, 1.165) is 5.82 Å². The highest BCUT2D eigenvalue weighted by atomic mass is 32.1. The lowest BCUT2D eigenvalue weighted by molar-refractivity contribution is 0.0208. The summed E-state index contributed by atoms with van der Waals surface area (Å²) in [6.07, 6.45) is 3.17. The molecule has 104 valence electrons. The Balaban J connectivity index is 1.77. The molecule has 2 rings (SSSR count). The van der Waals surface area contributed by atoms with E-state index in [0.29, 0.717) is 25.7 Å². The number of rotatable bonds is 7. The van der Waals surface area contributed by atoms with E-state index >= 15 is 0 Å². The second-order valence-corrected chi connectivity index (χ2v) is 5.87. The maximum Gasteiger partial charge on any atom is 0.111 e. The quantitative estimate of drug-likeness (QED) is 0.848. The van der Waals surface area contributed by atoms with Crippen molar-refractivity contribution in [1.29, 1.82) is 0 Å². The molecule has 2 heterocycles. The molecule has 0 aliphatic heterocycles. The van der Waals surface area contributed by atoms with Crippen molar-refractivity contribution in [3.8, 4) is 0 Å². The van der Waals surface area contributed by atoms with E-state index in [-0.39, 0.29) is 0 Å². The summed E-state index contributed by atoms with van der Waals surface area (Å²) >= 11 is 1.66. The molecule has 0 aliphatic rings. The topological polar surface area (TPSA) is 47.3 Å². The number of aromatic nitrogens is 2. The van der Waals surface area contributed by atoms with Gasteiger partial charge in [0, 0.05) is 23.2 Å². The third kappa shape index (κ3) is 4.16. The molecule has 4 nitrogen and oxygen atoms in total. The van der Waals surface area contributed by atoms with Crippen molar-refractivity contribution >= 4 is 11.3 Å². The predicted molar refractivity (Wildman–Crippen MR) is 76.3 cm³/mol. The number of imidazole rings is 1. The first-order valence-electron chi connectivity index (χ1n) is 6.46. The highest BCUT2D eigenvalue weighted by Gasteiger charge is 2.11. The molecule has 0 aromatic carbocycles. The SMILES string of the molecule is CC(C)c1nccn1CC(O)COCc1cccs1. The molecular formula is C14H20N2O2S. The van der Waals surface area contributed by atoms with Crippen LogP contribution in [-0.2, 0) is 17.9 Å². The standard InChI is InChI=1S/C14H20N2O2S/c1-11(2)14-15-5-6-16(14)8-12(17)9-18-10-13-4-3-7-19-13/h3-7,11-12,17H,8-10H2,1-2H3. The molecular weight excluding hydrogens is 260 g/mol. The maximum absolute atomic E-state index is 9.99. The average molecular weight is 280 g/mol. The minimum Gasteiger partial charge on any atom is -0.389 e. The van der Waals surface area contributed by atoms with Crippen molar-refractivity contribution in [2.45, 2.75) is 39.0 Å². The number of nitrogens with zero attached hydrogens (tertiary/aromatic N) is 2. The van der Waals surface area contributed by atoms with Crippen LogP contribution in [-0.4, -0.2) is 27.4 Å². The molecule has 0 bridgehead atoms. The van der Waals surface area contributed by atoms with Crippen molar-refractivity contribution in [3.05, 3.63) is 40.6 Å². The van der Waals surface area contributed by atoms with Gasteiger partial charge in [0.1, 0.15) is 5.82 Å². The van der Waals surface area contributed by atoms with Gasteiger partial charge in [-0.3, -0.25) is 0 Å². The third-order valence-corrected chi connectivity index (χ3v) is 3.66. The normalized spacial score (nSPS) is 13.1. The molecule has 0 spiro atoms. The molecule has 0 fully saturated rings. The number of hydrogen-bond acceptors (Lipinski definition) is 4. The van der Waals surface area contributed by atoms with Crippen LogP contribution in [0.15, 0.2) is 29.9 Å². The van der Waals surface area contributed by atoms with Gasteiger partial charge in [0.25, 0.3) is 0 Å². The first-order chi connectivity index (χ1) is 9.16. The van der Waals surface area contributed by atoms with Crippen LogP contribution >= 0.6 is 11.3 Å². The van der Waals surface area contributed by atoms with Crippen LogP contribution in [0.1, 0.15) is 30.5 Å². The van der Waals surface area contributed by atoms with Gasteiger partial charge in [-0.05, 0) is 11.4 Å². The Labute approximate surface area is 117 Å². The Morgan fingerprint density at radius 3 is 3.00 bits per heavy atom. The molecule has 0 amide bonds. The van der Waals surface area contributed by atoms with Crippen LogP contribution in [0.4, 0.5) is 0 Å². The van der Waals surface area contributed by atoms with Crippen molar-refractivity contribution < 1.29 is 9.84 Å². The minimum absolute atomic E-state index is 0.341. The molecule has 5 heteroatoms. The lowest BCUT2D eigenvalue weighted by atomic mass is 10.2. The molecule has 0 radical (unpaired) electrons. The molecule has 2 aromatic rings. The summed E-state index contributed by atoms with van der Waals surface area (Å²) in [7, 11) is 0. The highest BCUT2D eigenvalue weighted by Crippen LogP contribution is 2.13. The fourth-order valence-electron chi connectivity index (χ4n) is 1.95. The Bertz CT molecular complexity index is 479. The monoisotopic (exact) mass is 280 g/mol. The molecule has 19 heavy (non-hydrogen) atoms.